The first kappa shape index (κ1) is 18.7. The quantitative estimate of drug-likeness (QED) is 0.653. The number of nitrogens with zero attached hydrogens (tertiary/aromatic N) is 4. The SMILES string of the molecule is CCc1ccc2nc(-c3cnn(C(C)C)c3)cc(C(=O)N3CCC[C@H]3C)c2c1. The maximum Gasteiger partial charge on any atom is 0.254 e. The van der Waals surface area contributed by atoms with E-state index in [9.17, 15) is 4.79 Å². The standard InChI is InChI=1S/C23H28N4O/c1-5-17-8-9-21-19(11-17)20(23(28)26-10-6-7-16(26)4)12-22(25-21)18-13-24-27(14-18)15(2)3/h8-9,11-16H,5-7,10H2,1-4H3/t16-/m1/s1. The minimum absolute atomic E-state index is 0.114. The molecule has 0 aliphatic carbocycles. The fourth-order valence-electron chi connectivity index (χ4n) is 3.96. The van der Waals surface area contributed by atoms with Crippen molar-refractivity contribution >= 4 is 16.8 Å². The van der Waals surface area contributed by atoms with Crippen molar-refractivity contribution in [3.8, 4) is 11.3 Å². The molecule has 3 aromatic rings. The zero-order valence-electron chi connectivity index (χ0n) is 17.1. The highest BCUT2D eigenvalue weighted by molar-refractivity contribution is 6.07. The molecule has 0 bridgehead atoms. The van der Waals surface area contributed by atoms with Crippen molar-refractivity contribution in [2.75, 3.05) is 6.54 Å². The minimum atomic E-state index is 0.114. The third-order valence-corrected chi connectivity index (χ3v) is 5.75. The molecule has 1 aliphatic rings. The molecule has 146 valence electrons. The van der Waals surface area contributed by atoms with Gasteiger partial charge in [-0.3, -0.25) is 9.48 Å². The molecule has 1 saturated heterocycles. The van der Waals surface area contributed by atoms with Gasteiger partial charge in [-0.05, 0) is 63.8 Å². The van der Waals surface area contributed by atoms with Crippen molar-refractivity contribution in [2.45, 2.75) is 59.0 Å². The van der Waals surface area contributed by atoms with E-state index in [4.69, 9.17) is 4.98 Å². The summed E-state index contributed by atoms with van der Waals surface area (Å²) >= 11 is 0. The fraction of sp³-hybridized carbons (Fsp3) is 0.435. The van der Waals surface area contributed by atoms with Gasteiger partial charge in [-0.2, -0.15) is 5.10 Å². The number of amides is 1. The molecule has 2 aromatic heterocycles. The lowest BCUT2D eigenvalue weighted by molar-refractivity contribution is 0.0749. The van der Waals surface area contributed by atoms with Gasteiger partial charge in [0, 0.05) is 35.8 Å². The van der Waals surface area contributed by atoms with Gasteiger partial charge >= 0.3 is 0 Å². The first-order valence-electron chi connectivity index (χ1n) is 10.3. The summed E-state index contributed by atoms with van der Waals surface area (Å²) in [6.07, 6.45) is 6.92. The third kappa shape index (κ3) is 3.30. The van der Waals surface area contributed by atoms with Gasteiger partial charge in [-0.1, -0.05) is 13.0 Å². The van der Waals surface area contributed by atoms with Gasteiger partial charge < -0.3 is 4.90 Å². The van der Waals surface area contributed by atoms with E-state index in [0.717, 1.165) is 53.5 Å². The molecule has 3 heterocycles. The first-order valence-corrected chi connectivity index (χ1v) is 10.3. The number of benzene rings is 1. The Balaban J connectivity index is 1.87. The third-order valence-electron chi connectivity index (χ3n) is 5.75. The first-order chi connectivity index (χ1) is 13.5. The monoisotopic (exact) mass is 376 g/mol. The summed E-state index contributed by atoms with van der Waals surface area (Å²) in [4.78, 5) is 20.3. The molecule has 4 rings (SSSR count). The number of pyridine rings is 1. The predicted molar refractivity (Wildman–Crippen MR) is 112 cm³/mol. The Labute approximate surface area is 166 Å². The number of fused-ring (bicyclic) bond motifs is 1. The van der Waals surface area contributed by atoms with Gasteiger partial charge in [0.15, 0.2) is 0 Å². The van der Waals surface area contributed by atoms with E-state index in [1.165, 1.54) is 5.56 Å². The van der Waals surface area contributed by atoms with Crippen molar-refractivity contribution in [3.63, 3.8) is 0 Å². The summed E-state index contributed by atoms with van der Waals surface area (Å²) in [5, 5.41) is 5.39. The van der Waals surface area contributed by atoms with E-state index >= 15 is 0 Å². The molecule has 0 unspecified atom stereocenters. The lowest BCUT2D eigenvalue weighted by atomic mass is 10.0. The van der Waals surface area contributed by atoms with Crippen molar-refractivity contribution in [3.05, 3.63) is 47.8 Å². The number of aryl methyl sites for hydroxylation is 1. The molecule has 1 fully saturated rings. The molecule has 1 aromatic carbocycles. The summed E-state index contributed by atoms with van der Waals surface area (Å²) in [5.41, 5.74) is 4.58. The van der Waals surface area contributed by atoms with Crippen LogP contribution in [-0.2, 0) is 6.42 Å². The number of hydrogen-bond donors (Lipinski definition) is 0. The molecule has 28 heavy (non-hydrogen) atoms. The Morgan fingerprint density at radius 3 is 2.75 bits per heavy atom. The van der Waals surface area contributed by atoms with Crippen LogP contribution in [0.3, 0.4) is 0 Å². The van der Waals surface area contributed by atoms with Crippen LogP contribution < -0.4 is 0 Å². The van der Waals surface area contributed by atoms with Crippen LogP contribution in [-0.4, -0.2) is 38.2 Å². The van der Waals surface area contributed by atoms with E-state index in [2.05, 4.69) is 44.9 Å². The van der Waals surface area contributed by atoms with Crippen molar-refractivity contribution in [1.82, 2.24) is 19.7 Å². The Morgan fingerprint density at radius 2 is 2.11 bits per heavy atom. The molecule has 1 amide bonds. The maximum atomic E-state index is 13.4. The van der Waals surface area contributed by atoms with E-state index in [-0.39, 0.29) is 18.0 Å². The van der Waals surface area contributed by atoms with E-state index in [1.54, 1.807) is 0 Å². The van der Waals surface area contributed by atoms with Crippen LogP contribution >= 0.6 is 0 Å². The zero-order valence-corrected chi connectivity index (χ0v) is 17.1. The lowest BCUT2D eigenvalue weighted by Crippen LogP contribution is -2.33. The summed E-state index contributed by atoms with van der Waals surface area (Å²) in [5.74, 6) is 0.114. The molecule has 1 atom stereocenters. The van der Waals surface area contributed by atoms with Crippen LogP contribution in [0.4, 0.5) is 0 Å². The van der Waals surface area contributed by atoms with Crippen LogP contribution in [0.1, 0.15) is 62.5 Å². The molecular weight excluding hydrogens is 348 g/mol. The van der Waals surface area contributed by atoms with Crippen molar-refractivity contribution in [1.29, 1.82) is 0 Å². The summed E-state index contributed by atoms with van der Waals surface area (Å²) in [6, 6.07) is 8.79. The number of likely N-dealkylation sites (tertiary alicyclic amines) is 1. The highest BCUT2D eigenvalue weighted by atomic mass is 16.2. The Morgan fingerprint density at radius 1 is 1.29 bits per heavy atom. The van der Waals surface area contributed by atoms with Gasteiger partial charge in [-0.25, -0.2) is 4.98 Å². The van der Waals surface area contributed by atoms with E-state index in [1.807, 2.05) is 34.1 Å². The van der Waals surface area contributed by atoms with Crippen LogP contribution in [0.15, 0.2) is 36.7 Å². The summed E-state index contributed by atoms with van der Waals surface area (Å²) in [7, 11) is 0. The van der Waals surface area contributed by atoms with E-state index < -0.39 is 0 Å². The molecule has 5 nitrogen and oxygen atoms in total. The summed E-state index contributed by atoms with van der Waals surface area (Å²) < 4.78 is 1.92. The second kappa shape index (κ2) is 7.38. The van der Waals surface area contributed by atoms with Crippen LogP contribution in [0.2, 0.25) is 0 Å². The van der Waals surface area contributed by atoms with Gasteiger partial charge in [0.2, 0.25) is 0 Å². The highest BCUT2D eigenvalue weighted by Crippen LogP contribution is 2.29. The Kier molecular flexibility index (Phi) is 4.92. The topological polar surface area (TPSA) is 51.0 Å². The molecule has 5 heteroatoms. The molecule has 1 aliphatic heterocycles. The lowest BCUT2D eigenvalue weighted by Gasteiger charge is -2.22. The second-order valence-electron chi connectivity index (χ2n) is 8.05. The average Bonchev–Trinajstić information content (AvgIpc) is 3.35. The molecule has 0 saturated carbocycles. The fourth-order valence-corrected chi connectivity index (χ4v) is 3.96. The molecule has 0 radical (unpaired) electrons. The van der Waals surface area contributed by atoms with Crippen LogP contribution in [0, 0.1) is 0 Å². The molecular formula is C23H28N4O. The van der Waals surface area contributed by atoms with Gasteiger partial charge in [-0.15, -0.1) is 0 Å². The normalized spacial score (nSPS) is 17.0. The Bertz CT molecular complexity index is 1020. The van der Waals surface area contributed by atoms with E-state index in [0.29, 0.717) is 0 Å². The number of hydrogen-bond acceptors (Lipinski definition) is 3. The number of carbonyl (C=O) groups is 1. The largest absolute Gasteiger partial charge is 0.336 e. The average molecular weight is 377 g/mol. The minimum Gasteiger partial charge on any atom is -0.336 e. The highest BCUT2D eigenvalue weighted by Gasteiger charge is 2.28. The molecule has 0 N–H and O–H groups in total. The zero-order chi connectivity index (χ0) is 19.8. The number of carbonyl (C=O) groups excluding carboxylic acids is 1. The molecule has 0 spiro atoms. The second-order valence-corrected chi connectivity index (χ2v) is 8.05. The van der Waals surface area contributed by atoms with Gasteiger partial charge in [0.25, 0.3) is 5.91 Å². The number of rotatable bonds is 4. The maximum absolute atomic E-state index is 13.4. The van der Waals surface area contributed by atoms with Crippen LogP contribution in [0.25, 0.3) is 22.2 Å². The van der Waals surface area contributed by atoms with Gasteiger partial charge in [0.05, 0.1) is 23.0 Å². The Hall–Kier alpha value is -2.69. The predicted octanol–water partition coefficient (Wildman–Crippen LogP) is 4.87. The smallest absolute Gasteiger partial charge is 0.254 e. The summed E-state index contributed by atoms with van der Waals surface area (Å²) in [6.45, 7) is 9.30. The van der Waals surface area contributed by atoms with Crippen molar-refractivity contribution in [2.24, 2.45) is 0 Å². The van der Waals surface area contributed by atoms with Gasteiger partial charge in [0.1, 0.15) is 0 Å². The number of aromatic nitrogens is 3. The van der Waals surface area contributed by atoms with Crippen LogP contribution in [0.5, 0.6) is 0 Å². The van der Waals surface area contributed by atoms with Crippen molar-refractivity contribution < 1.29 is 4.79 Å².